The maximum atomic E-state index is 5.72. The summed E-state index contributed by atoms with van der Waals surface area (Å²) in [5.74, 6) is 1.17. The largest absolute Gasteiger partial charge is 0.691 e. The Bertz CT molecular complexity index is 507. The number of rotatable bonds is 23. The average Bonchev–Trinajstić information content (AvgIpc) is 2.74. The van der Waals surface area contributed by atoms with Crippen LogP contribution in [0.4, 0.5) is 0 Å². The second-order valence-electron chi connectivity index (χ2n) is 11.3. The van der Waals surface area contributed by atoms with Crippen LogP contribution in [0.15, 0.2) is 12.2 Å². The molecule has 2 unspecified atom stereocenters. The maximum Gasteiger partial charge on any atom is 0.0739 e. The van der Waals surface area contributed by atoms with Crippen molar-refractivity contribution in [2.75, 3.05) is 6.54 Å². The standard InChI is InChI=1S/C18H37N.C12H27O2PS2/c1-2-3-4-5-6-7-8-9-10-11-12-13-14-15-16-17-18-19;1-9(2)7-11(5)13-15(16,17)14-12(6)8-10(3)4/h9-10H,2-8,11-19H2,1H3;9-12H,7-8H2,1-6H3,(H,16,17). The molecule has 0 radical (unpaired) electrons. The number of hydrogen-bond donors (Lipinski definition) is 1. The van der Waals surface area contributed by atoms with Crippen molar-refractivity contribution in [1.29, 1.82) is 0 Å². The predicted octanol–water partition coefficient (Wildman–Crippen LogP) is 9.93. The zero-order chi connectivity index (χ0) is 27.7. The molecule has 0 spiro atoms. The van der Waals surface area contributed by atoms with E-state index in [9.17, 15) is 0 Å². The molecule has 0 aliphatic heterocycles. The van der Waals surface area contributed by atoms with Gasteiger partial charge in [-0.2, -0.15) is 0 Å². The molecule has 0 bridgehead atoms. The van der Waals surface area contributed by atoms with Gasteiger partial charge in [-0.3, -0.25) is 0 Å². The van der Waals surface area contributed by atoms with E-state index in [2.05, 4.69) is 52.5 Å². The molecule has 3 N–H and O–H groups in total. The Morgan fingerprint density at radius 2 is 1.03 bits per heavy atom. The number of unbranched alkanes of at least 4 members (excludes halogenated alkanes) is 12. The lowest BCUT2D eigenvalue weighted by atomic mass is 10.1. The third-order valence-corrected chi connectivity index (χ3v) is 8.26. The predicted molar refractivity (Wildman–Crippen MR) is 169 cm³/mol. The highest BCUT2D eigenvalue weighted by Gasteiger charge is 2.14. The minimum atomic E-state index is -2.50. The van der Waals surface area contributed by atoms with Crippen LogP contribution in [0.2, 0.25) is 0 Å². The fourth-order valence-corrected chi connectivity index (χ4v) is 7.17. The summed E-state index contributed by atoms with van der Waals surface area (Å²) < 4.78 is 11.4. The minimum Gasteiger partial charge on any atom is -0.691 e. The van der Waals surface area contributed by atoms with Gasteiger partial charge >= 0.3 is 0 Å². The summed E-state index contributed by atoms with van der Waals surface area (Å²) in [6, 6.07) is 0. The van der Waals surface area contributed by atoms with E-state index in [1.165, 1.54) is 89.9 Å². The van der Waals surface area contributed by atoms with Crippen LogP contribution in [0.5, 0.6) is 0 Å². The molecule has 3 nitrogen and oxygen atoms in total. The van der Waals surface area contributed by atoms with E-state index in [1.807, 2.05) is 13.8 Å². The minimum absolute atomic E-state index is 0.0876. The SMILES string of the molecule is CC(C)CC(C)OP(=S)([S-])OC(C)CC(C)C.CCCCCCCCC=CCCCCCCCC[NH3+]. The Hall–Kier alpha value is 0.620. The molecule has 0 heterocycles. The normalized spacial score (nSPS) is 15.2. The highest BCUT2D eigenvalue weighted by Crippen LogP contribution is 2.49. The first-order valence-corrected chi connectivity index (χ1v) is 18.8. The molecular weight excluding hydrogens is 501 g/mol. The van der Waals surface area contributed by atoms with Crippen LogP contribution in [0, 0.1) is 11.8 Å². The average molecular weight is 566 g/mol. The summed E-state index contributed by atoms with van der Waals surface area (Å²) in [6.45, 7) is 16.1. The van der Waals surface area contributed by atoms with E-state index >= 15 is 0 Å². The molecule has 0 saturated carbocycles. The summed E-state index contributed by atoms with van der Waals surface area (Å²) in [4.78, 5) is 0. The van der Waals surface area contributed by atoms with Gasteiger partial charge in [-0.15, -0.1) is 0 Å². The molecule has 0 amide bonds. The highest BCUT2D eigenvalue weighted by atomic mass is 32.9. The van der Waals surface area contributed by atoms with Crippen molar-refractivity contribution >= 4 is 29.7 Å². The summed E-state index contributed by atoms with van der Waals surface area (Å²) in [6.07, 6.45) is 26.3. The quantitative estimate of drug-likeness (QED) is 0.0579. The van der Waals surface area contributed by atoms with Crippen molar-refractivity contribution in [2.45, 2.75) is 163 Å². The molecule has 0 aromatic carbocycles. The molecule has 0 saturated heterocycles. The van der Waals surface area contributed by atoms with Crippen LogP contribution in [0.25, 0.3) is 0 Å². The molecule has 6 heteroatoms. The molecule has 0 fully saturated rings. The Morgan fingerprint density at radius 3 is 1.39 bits per heavy atom. The van der Waals surface area contributed by atoms with Gasteiger partial charge in [-0.05, 0) is 77.0 Å². The van der Waals surface area contributed by atoms with Gasteiger partial charge in [0.25, 0.3) is 0 Å². The van der Waals surface area contributed by atoms with E-state index in [0.29, 0.717) is 11.8 Å². The molecule has 0 aromatic rings. The zero-order valence-corrected chi connectivity index (χ0v) is 27.8. The van der Waals surface area contributed by atoms with E-state index in [1.54, 1.807) is 0 Å². The molecule has 218 valence electrons. The Labute approximate surface area is 237 Å². The monoisotopic (exact) mass is 565 g/mol. The maximum absolute atomic E-state index is 5.72. The second-order valence-corrected chi connectivity index (χ2v) is 16.2. The van der Waals surface area contributed by atoms with Crippen LogP contribution < -0.4 is 5.73 Å². The van der Waals surface area contributed by atoms with Gasteiger partial charge in [0.05, 0.1) is 24.4 Å². The van der Waals surface area contributed by atoms with Crippen molar-refractivity contribution in [3.05, 3.63) is 12.2 Å². The zero-order valence-electron chi connectivity index (χ0n) is 25.3. The summed E-state index contributed by atoms with van der Waals surface area (Å²) in [5.41, 5.74) is 1.38. The lowest BCUT2D eigenvalue weighted by Crippen LogP contribution is -2.50. The third-order valence-electron chi connectivity index (χ3n) is 5.99. The van der Waals surface area contributed by atoms with E-state index in [-0.39, 0.29) is 12.2 Å². The van der Waals surface area contributed by atoms with Gasteiger partial charge in [0.2, 0.25) is 0 Å². The van der Waals surface area contributed by atoms with E-state index in [4.69, 9.17) is 33.1 Å². The van der Waals surface area contributed by atoms with Crippen LogP contribution in [-0.2, 0) is 33.1 Å². The first-order valence-electron chi connectivity index (χ1n) is 15.2. The lowest BCUT2D eigenvalue weighted by Gasteiger charge is -2.35. The van der Waals surface area contributed by atoms with Crippen molar-refractivity contribution in [1.82, 2.24) is 0 Å². The molecule has 0 rings (SSSR count). The molecule has 2 atom stereocenters. The summed E-state index contributed by atoms with van der Waals surface area (Å²) >= 11 is 10.6. The molecule has 36 heavy (non-hydrogen) atoms. The van der Waals surface area contributed by atoms with E-state index in [0.717, 1.165) is 19.4 Å². The highest BCUT2D eigenvalue weighted by molar-refractivity contribution is 8.51. The van der Waals surface area contributed by atoms with Crippen molar-refractivity contribution in [3.63, 3.8) is 0 Å². The van der Waals surface area contributed by atoms with Crippen molar-refractivity contribution in [3.8, 4) is 0 Å². The first-order chi connectivity index (χ1) is 17.0. The Morgan fingerprint density at radius 1 is 0.667 bits per heavy atom. The second kappa shape index (κ2) is 27.2. The smallest absolute Gasteiger partial charge is 0.0739 e. The fourth-order valence-electron chi connectivity index (χ4n) is 4.30. The lowest BCUT2D eigenvalue weighted by molar-refractivity contribution is -0.368. The number of allylic oxidation sites excluding steroid dienone is 2. The van der Waals surface area contributed by atoms with Crippen molar-refractivity contribution < 1.29 is 14.8 Å². The molecular formula is C30H64NO2PS2. The van der Waals surface area contributed by atoms with E-state index < -0.39 is 5.69 Å². The van der Waals surface area contributed by atoms with Crippen LogP contribution in [0.1, 0.15) is 151 Å². The summed E-state index contributed by atoms with van der Waals surface area (Å²) in [5, 5.41) is 0. The van der Waals surface area contributed by atoms with Gasteiger partial charge in [-0.25, -0.2) is 0 Å². The topological polar surface area (TPSA) is 46.1 Å². The van der Waals surface area contributed by atoms with Crippen LogP contribution in [-0.4, -0.2) is 18.8 Å². The molecule has 0 aliphatic carbocycles. The Balaban J connectivity index is 0. The van der Waals surface area contributed by atoms with Gasteiger partial charge in [-0.1, -0.05) is 110 Å². The number of quaternary nitrogens is 1. The van der Waals surface area contributed by atoms with Crippen LogP contribution >= 0.6 is 5.69 Å². The van der Waals surface area contributed by atoms with Gasteiger partial charge in [0, 0.05) is 0 Å². The van der Waals surface area contributed by atoms with Crippen molar-refractivity contribution in [2.24, 2.45) is 11.8 Å². The van der Waals surface area contributed by atoms with Gasteiger partial charge in [0.1, 0.15) is 0 Å². The van der Waals surface area contributed by atoms with Crippen LogP contribution in [0.3, 0.4) is 0 Å². The van der Waals surface area contributed by atoms with Gasteiger partial charge in [0.15, 0.2) is 0 Å². The fraction of sp³-hybridized carbons (Fsp3) is 0.933. The Kier molecular flexibility index (Phi) is 29.3. The number of hydrogen-bond acceptors (Lipinski definition) is 4. The third kappa shape index (κ3) is 32.6. The molecule has 0 aromatic heterocycles. The molecule has 0 aliphatic rings. The first kappa shape index (κ1) is 38.8. The summed E-state index contributed by atoms with van der Waals surface area (Å²) in [7, 11) is 0. The van der Waals surface area contributed by atoms with Gasteiger partial charge < -0.3 is 27.0 Å².